The van der Waals surface area contributed by atoms with E-state index in [1.807, 2.05) is 0 Å². The predicted octanol–water partition coefficient (Wildman–Crippen LogP) is 18.4. The molecule has 1 aliphatic carbocycles. The van der Waals surface area contributed by atoms with Gasteiger partial charge in [-0.2, -0.15) is 0 Å². The topological polar surface area (TPSA) is 14.7 Å². The van der Waals surface area contributed by atoms with Crippen molar-refractivity contribution in [3.05, 3.63) is 313 Å². The van der Waals surface area contributed by atoms with Crippen molar-refractivity contribution in [2.45, 2.75) is 5.41 Å². The van der Waals surface area contributed by atoms with Gasteiger partial charge in [0, 0.05) is 45.1 Å². The van der Waals surface area contributed by atoms with Gasteiger partial charge in [0.25, 0.3) is 0 Å². The Labute approximate surface area is 426 Å². The molecule has 0 bridgehead atoms. The average molecular weight is 933 g/mol. The van der Waals surface area contributed by atoms with Crippen molar-refractivity contribution in [3.8, 4) is 27.9 Å². The Morgan fingerprint density at radius 2 is 0.822 bits per heavy atom. The number of nitrogens with zero attached hydrogens (tertiary/aromatic N) is 4. The molecule has 0 fully saturated rings. The molecular weight excluding hydrogens is 885 g/mol. The van der Waals surface area contributed by atoms with Gasteiger partial charge in [0.2, 0.25) is 0 Å². The van der Waals surface area contributed by atoms with Crippen LogP contribution in [-0.4, -0.2) is 4.57 Å². The first kappa shape index (κ1) is 42.3. The van der Waals surface area contributed by atoms with Gasteiger partial charge in [0.05, 0.1) is 28.0 Å². The van der Waals surface area contributed by atoms with Crippen LogP contribution >= 0.6 is 0 Å². The number of hydrogen-bond donors (Lipinski definition) is 0. The summed E-state index contributed by atoms with van der Waals surface area (Å²) in [5.41, 5.74) is 20.2. The Kier molecular flexibility index (Phi) is 10.0. The molecule has 344 valence electrons. The van der Waals surface area contributed by atoms with Gasteiger partial charge < -0.3 is 9.80 Å². The third-order valence-electron chi connectivity index (χ3n) is 14.9. The van der Waals surface area contributed by atoms with Gasteiger partial charge in [-0.05, 0) is 124 Å². The summed E-state index contributed by atoms with van der Waals surface area (Å²) in [5.74, 6) is 1.08. The molecule has 0 N–H and O–H groups in total. The molecule has 12 aromatic rings. The lowest BCUT2D eigenvalue weighted by Gasteiger charge is -2.41. The van der Waals surface area contributed by atoms with Gasteiger partial charge in [0.1, 0.15) is 5.82 Å². The Balaban J connectivity index is 1.00. The van der Waals surface area contributed by atoms with Gasteiger partial charge in [-0.1, -0.05) is 206 Å². The molecule has 0 saturated heterocycles. The maximum atomic E-state index is 2.51. The first-order valence-electron chi connectivity index (χ1n) is 25.1. The number of anilines is 9. The molecule has 4 nitrogen and oxygen atoms in total. The Bertz CT molecular complexity index is 3930. The van der Waals surface area contributed by atoms with Crippen molar-refractivity contribution in [1.82, 2.24) is 4.57 Å². The summed E-state index contributed by atoms with van der Waals surface area (Å²) in [5, 5.41) is 1.16. The van der Waals surface area contributed by atoms with E-state index in [0.717, 1.165) is 79.0 Å². The molecule has 14 rings (SSSR count). The van der Waals surface area contributed by atoms with E-state index in [0.29, 0.717) is 0 Å². The molecule has 0 saturated carbocycles. The molecule has 4 heteroatoms. The lowest BCUT2D eigenvalue weighted by molar-refractivity contribution is 0.768. The van der Waals surface area contributed by atoms with Crippen LogP contribution in [0.2, 0.25) is 0 Å². The normalized spacial score (nSPS) is 13.0. The zero-order chi connectivity index (χ0) is 48.3. The van der Waals surface area contributed by atoms with Gasteiger partial charge in [-0.25, -0.2) is 0 Å². The molecule has 2 aliphatic rings. The summed E-state index contributed by atoms with van der Waals surface area (Å²) in [7, 11) is 0. The van der Waals surface area contributed by atoms with Crippen LogP contribution < -0.4 is 14.7 Å². The highest BCUT2D eigenvalue weighted by atomic mass is 15.3. The van der Waals surface area contributed by atoms with Crippen LogP contribution in [0, 0.1) is 0 Å². The smallest absolute Gasteiger partial charge is 0.148 e. The van der Waals surface area contributed by atoms with Crippen LogP contribution in [0.1, 0.15) is 22.3 Å². The quantitative estimate of drug-likeness (QED) is 0.143. The van der Waals surface area contributed by atoms with Crippen molar-refractivity contribution >= 4 is 62.2 Å². The first-order valence-corrected chi connectivity index (χ1v) is 25.1. The highest BCUT2D eigenvalue weighted by Crippen LogP contribution is 2.61. The van der Waals surface area contributed by atoms with Crippen molar-refractivity contribution in [2.24, 2.45) is 0 Å². The first-order chi connectivity index (χ1) is 36.3. The van der Waals surface area contributed by atoms with Gasteiger partial charge in [-0.3, -0.25) is 9.47 Å². The van der Waals surface area contributed by atoms with Gasteiger partial charge >= 0.3 is 0 Å². The van der Waals surface area contributed by atoms with E-state index in [4.69, 9.17) is 0 Å². The molecule has 1 aromatic heterocycles. The minimum Gasteiger partial charge on any atom is -0.310 e. The predicted molar refractivity (Wildman–Crippen MR) is 304 cm³/mol. The monoisotopic (exact) mass is 932 g/mol. The molecular formula is C69H48N4. The van der Waals surface area contributed by atoms with Crippen molar-refractivity contribution < 1.29 is 0 Å². The van der Waals surface area contributed by atoms with Crippen LogP contribution in [0.4, 0.5) is 51.3 Å². The van der Waals surface area contributed by atoms with E-state index < -0.39 is 5.41 Å². The fraction of sp³-hybridized carbons (Fsp3) is 0.0145. The highest BCUT2D eigenvalue weighted by Gasteiger charge is 2.46. The summed E-state index contributed by atoms with van der Waals surface area (Å²) in [6.07, 6.45) is 0. The molecule has 0 spiro atoms. The lowest BCUT2D eigenvalue weighted by Crippen LogP contribution is -2.28. The third-order valence-corrected chi connectivity index (χ3v) is 14.9. The van der Waals surface area contributed by atoms with E-state index in [2.05, 4.69) is 310 Å². The molecule has 0 radical (unpaired) electrons. The van der Waals surface area contributed by atoms with E-state index in [1.54, 1.807) is 0 Å². The number of benzene rings is 11. The maximum absolute atomic E-state index is 2.51. The minimum absolute atomic E-state index is 0.536. The second-order valence-corrected chi connectivity index (χ2v) is 18.9. The van der Waals surface area contributed by atoms with Crippen LogP contribution in [-0.2, 0) is 5.41 Å². The second kappa shape index (κ2) is 17.3. The number of aromatic nitrogens is 1. The minimum atomic E-state index is -0.536. The van der Waals surface area contributed by atoms with E-state index in [1.165, 1.54) is 33.4 Å². The third kappa shape index (κ3) is 6.61. The van der Waals surface area contributed by atoms with Gasteiger partial charge in [-0.15, -0.1) is 0 Å². The van der Waals surface area contributed by atoms with Crippen LogP contribution in [0.25, 0.3) is 38.8 Å². The molecule has 73 heavy (non-hydrogen) atoms. The van der Waals surface area contributed by atoms with Crippen LogP contribution in [0.3, 0.4) is 0 Å². The summed E-state index contributed by atoms with van der Waals surface area (Å²) in [4.78, 5) is 7.41. The standard InChI is InChI=1S/C69H48N4/c1-7-26-50(27-8-1)69(51-28-9-2-10-29-51)62-42-21-19-39-59(62)60-46-45-57(48-63(60)69)70(52-30-11-3-12-31-52)56-38-23-25-49(47-56)58-41-24-44-65-66(58)73(55-36-17-6-18-37-55)67-61-40-20-22-43-64(61)71(53-32-13-4-14-33-53)68(67)72(65)54-34-15-5-16-35-54/h1-48H. The Morgan fingerprint density at radius 1 is 0.315 bits per heavy atom. The summed E-state index contributed by atoms with van der Waals surface area (Å²) in [6, 6.07) is 106. The van der Waals surface area contributed by atoms with Crippen LogP contribution in [0.5, 0.6) is 0 Å². The molecule has 0 unspecified atom stereocenters. The number of para-hydroxylation sites is 6. The SMILES string of the molecule is c1ccc(N(c2cccc(-c3cccc4c3N(c3ccccc3)c3c(n(-c5ccccc5)c5ccccc35)N4c3ccccc3)c2)c2ccc3c(c2)C(c2ccccc2)(c2ccccc2)c2ccccc2-3)cc1. The van der Waals surface area contributed by atoms with Crippen molar-refractivity contribution in [2.75, 3.05) is 14.7 Å². The number of rotatable bonds is 9. The summed E-state index contributed by atoms with van der Waals surface area (Å²) >= 11 is 0. The molecule has 0 amide bonds. The molecule has 1 aliphatic heterocycles. The largest absolute Gasteiger partial charge is 0.310 e. The Hall–Kier alpha value is -9.64. The zero-order valence-electron chi connectivity index (χ0n) is 40.0. The van der Waals surface area contributed by atoms with Crippen LogP contribution in [0.15, 0.2) is 291 Å². The zero-order valence-corrected chi connectivity index (χ0v) is 40.0. The second-order valence-electron chi connectivity index (χ2n) is 18.9. The summed E-state index contributed by atoms with van der Waals surface area (Å²) in [6.45, 7) is 0. The van der Waals surface area contributed by atoms with Gasteiger partial charge in [0.15, 0.2) is 0 Å². The molecule has 2 heterocycles. The van der Waals surface area contributed by atoms with E-state index >= 15 is 0 Å². The van der Waals surface area contributed by atoms with E-state index in [-0.39, 0.29) is 0 Å². The molecule has 0 atom stereocenters. The maximum Gasteiger partial charge on any atom is 0.148 e. The van der Waals surface area contributed by atoms with E-state index in [9.17, 15) is 0 Å². The Morgan fingerprint density at radius 3 is 1.51 bits per heavy atom. The number of fused-ring (bicyclic) bond motifs is 7. The highest BCUT2D eigenvalue weighted by molar-refractivity contribution is 6.15. The fourth-order valence-corrected chi connectivity index (χ4v) is 12.0. The average Bonchev–Trinajstić information content (AvgIpc) is 3.97. The lowest BCUT2D eigenvalue weighted by atomic mass is 9.67. The van der Waals surface area contributed by atoms with Crippen molar-refractivity contribution in [3.63, 3.8) is 0 Å². The fourth-order valence-electron chi connectivity index (χ4n) is 12.0. The number of hydrogen-bond acceptors (Lipinski definition) is 3. The molecule has 11 aromatic carbocycles. The van der Waals surface area contributed by atoms with Crippen molar-refractivity contribution in [1.29, 1.82) is 0 Å². The summed E-state index contributed by atoms with van der Waals surface area (Å²) < 4.78 is 2.43.